The normalized spacial score (nSPS) is 17.9. The van der Waals surface area contributed by atoms with Gasteiger partial charge in [0.05, 0.1) is 12.0 Å². The molecule has 4 heteroatoms. The lowest BCUT2D eigenvalue weighted by atomic mass is 9.75. The van der Waals surface area contributed by atoms with Crippen molar-refractivity contribution in [2.45, 2.75) is 40.0 Å². The summed E-state index contributed by atoms with van der Waals surface area (Å²) < 4.78 is 5.56. The van der Waals surface area contributed by atoms with Crippen LogP contribution in [0.15, 0.2) is 4.42 Å². The Morgan fingerprint density at radius 2 is 2.06 bits per heavy atom. The Labute approximate surface area is 99.6 Å². The first-order valence-corrected chi connectivity index (χ1v) is 5.66. The van der Waals surface area contributed by atoms with Crippen LogP contribution in [0, 0.1) is 12.3 Å². The summed E-state index contributed by atoms with van der Waals surface area (Å²) in [6, 6.07) is 0. The van der Waals surface area contributed by atoms with Crippen molar-refractivity contribution >= 4 is 11.8 Å². The van der Waals surface area contributed by atoms with Crippen LogP contribution >= 0.6 is 0 Å². The quantitative estimate of drug-likeness (QED) is 0.856. The number of carbonyl (C=O) groups excluding carboxylic acids is 1. The maximum absolute atomic E-state index is 12.1. The standard InChI is InChI=1S/C13H16O4/c1-7-8(4-11(15)16)12-9(14)5-13(2,3)6-10(12)17-7/h4-6H2,1-3H3,(H,15,16). The number of aryl methyl sites for hydroxylation is 1. The number of carboxylic acid groups (broad SMARTS) is 1. The molecule has 0 saturated heterocycles. The summed E-state index contributed by atoms with van der Waals surface area (Å²) >= 11 is 0. The fourth-order valence-electron chi connectivity index (χ4n) is 2.47. The Morgan fingerprint density at radius 3 is 2.65 bits per heavy atom. The van der Waals surface area contributed by atoms with E-state index in [1.54, 1.807) is 6.92 Å². The summed E-state index contributed by atoms with van der Waals surface area (Å²) in [5.41, 5.74) is 0.965. The van der Waals surface area contributed by atoms with Gasteiger partial charge in [0.2, 0.25) is 0 Å². The molecule has 1 heterocycles. The van der Waals surface area contributed by atoms with Gasteiger partial charge >= 0.3 is 5.97 Å². The largest absolute Gasteiger partial charge is 0.481 e. The van der Waals surface area contributed by atoms with Crippen molar-refractivity contribution in [1.82, 2.24) is 0 Å². The number of furan rings is 1. The van der Waals surface area contributed by atoms with E-state index in [0.717, 1.165) is 0 Å². The SMILES string of the molecule is Cc1oc2c(c1CC(=O)O)C(=O)CC(C)(C)C2. The molecule has 2 rings (SSSR count). The summed E-state index contributed by atoms with van der Waals surface area (Å²) in [5, 5.41) is 8.85. The summed E-state index contributed by atoms with van der Waals surface area (Å²) in [7, 11) is 0. The maximum atomic E-state index is 12.1. The number of ketones is 1. The first kappa shape index (κ1) is 11.9. The molecule has 0 fully saturated rings. The summed E-state index contributed by atoms with van der Waals surface area (Å²) in [6.45, 7) is 5.75. The van der Waals surface area contributed by atoms with E-state index in [1.165, 1.54) is 0 Å². The molecule has 0 saturated carbocycles. The number of rotatable bonds is 2. The van der Waals surface area contributed by atoms with Crippen molar-refractivity contribution in [2.75, 3.05) is 0 Å². The lowest BCUT2D eigenvalue weighted by Crippen LogP contribution is -2.26. The molecule has 0 aromatic carbocycles. The van der Waals surface area contributed by atoms with Crippen molar-refractivity contribution in [2.24, 2.45) is 5.41 Å². The molecule has 0 bridgehead atoms. The topological polar surface area (TPSA) is 67.5 Å². The number of carboxylic acids is 1. The molecule has 1 N–H and O–H groups in total. The molecule has 0 unspecified atom stereocenters. The molecule has 1 aromatic heterocycles. The molecule has 17 heavy (non-hydrogen) atoms. The number of carbonyl (C=O) groups is 2. The van der Waals surface area contributed by atoms with E-state index in [1.807, 2.05) is 13.8 Å². The van der Waals surface area contributed by atoms with Crippen LogP contribution in [0.25, 0.3) is 0 Å². The van der Waals surface area contributed by atoms with Crippen molar-refractivity contribution in [3.63, 3.8) is 0 Å². The Hall–Kier alpha value is -1.58. The average Bonchev–Trinajstić information content (AvgIpc) is 2.39. The minimum Gasteiger partial charge on any atom is -0.481 e. The highest BCUT2D eigenvalue weighted by atomic mass is 16.4. The molecule has 0 amide bonds. The molecule has 4 nitrogen and oxygen atoms in total. The smallest absolute Gasteiger partial charge is 0.307 e. The molecule has 0 radical (unpaired) electrons. The predicted molar refractivity (Wildman–Crippen MR) is 61.2 cm³/mol. The fourth-order valence-corrected chi connectivity index (χ4v) is 2.47. The van der Waals surface area contributed by atoms with Crippen molar-refractivity contribution < 1.29 is 19.1 Å². The Bertz CT molecular complexity index is 494. The molecule has 1 aliphatic carbocycles. The van der Waals surface area contributed by atoms with Gasteiger partial charge in [0.15, 0.2) is 5.78 Å². The highest BCUT2D eigenvalue weighted by molar-refractivity contribution is 6.01. The minimum absolute atomic E-state index is 0.00403. The van der Waals surface area contributed by atoms with Crippen LogP contribution in [0.2, 0.25) is 0 Å². The molecule has 0 aliphatic heterocycles. The maximum Gasteiger partial charge on any atom is 0.307 e. The molecular weight excluding hydrogens is 220 g/mol. The van der Waals surface area contributed by atoms with Gasteiger partial charge in [-0.3, -0.25) is 9.59 Å². The second-order valence-corrected chi connectivity index (χ2v) is 5.45. The van der Waals surface area contributed by atoms with E-state index < -0.39 is 5.97 Å². The van der Waals surface area contributed by atoms with Gasteiger partial charge in [-0.1, -0.05) is 13.8 Å². The van der Waals surface area contributed by atoms with Gasteiger partial charge in [-0.2, -0.15) is 0 Å². The third-order valence-corrected chi connectivity index (χ3v) is 3.17. The molecule has 0 atom stereocenters. The zero-order valence-electron chi connectivity index (χ0n) is 10.3. The van der Waals surface area contributed by atoms with Crippen molar-refractivity contribution in [3.8, 4) is 0 Å². The third-order valence-electron chi connectivity index (χ3n) is 3.17. The van der Waals surface area contributed by atoms with Gasteiger partial charge in [-0.25, -0.2) is 0 Å². The van der Waals surface area contributed by atoms with E-state index in [2.05, 4.69) is 0 Å². The number of aliphatic carboxylic acids is 1. The molecule has 1 aliphatic rings. The van der Waals surface area contributed by atoms with Crippen LogP contribution in [0.4, 0.5) is 0 Å². The highest BCUT2D eigenvalue weighted by Crippen LogP contribution is 2.38. The molecular formula is C13H16O4. The lowest BCUT2D eigenvalue weighted by molar-refractivity contribution is -0.136. The van der Waals surface area contributed by atoms with Gasteiger partial charge < -0.3 is 9.52 Å². The van der Waals surface area contributed by atoms with Crippen molar-refractivity contribution in [1.29, 1.82) is 0 Å². The van der Waals surface area contributed by atoms with E-state index in [9.17, 15) is 9.59 Å². The lowest BCUT2D eigenvalue weighted by Gasteiger charge is -2.27. The monoisotopic (exact) mass is 236 g/mol. The van der Waals surface area contributed by atoms with Crippen LogP contribution < -0.4 is 0 Å². The third kappa shape index (κ3) is 2.12. The van der Waals surface area contributed by atoms with Gasteiger partial charge in [-0.05, 0) is 12.3 Å². The summed E-state index contributed by atoms with van der Waals surface area (Å²) in [6.07, 6.45) is 0.997. The average molecular weight is 236 g/mol. The zero-order valence-corrected chi connectivity index (χ0v) is 10.3. The van der Waals surface area contributed by atoms with E-state index in [4.69, 9.17) is 9.52 Å². The summed E-state index contributed by atoms with van der Waals surface area (Å²) in [4.78, 5) is 22.8. The fraction of sp³-hybridized carbons (Fsp3) is 0.538. The zero-order chi connectivity index (χ0) is 12.8. The number of hydrogen-bond donors (Lipinski definition) is 1. The van der Waals surface area contributed by atoms with Gasteiger partial charge in [0.1, 0.15) is 11.5 Å². The Kier molecular flexibility index (Phi) is 2.60. The van der Waals surface area contributed by atoms with E-state index in [0.29, 0.717) is 35.5 Å². The van der Waals surface area contributed by atoms with Crippen LogP contribution in [-0.4, -0.2) is 16.9 Å². The van der Waals surface area contributed by atoms with Gasteiger partial charge in [-0.15, -0.1) is 0 Å². The Morgan fingerprint density at radius 1 is 1.41 bits per heavy atom. The van der Waals surface area contributed by atoms with Crippen LogP contribution in [-0.2, 0) is 17.6 Å². The van der Waals surface area contributed by atoms with Gasteiger partial charge in [0.25, 0.3) is 0 Å². The molecule has 0 spiro atoms. The first-order valence-electron chi connectivity index (χ1n) is 5.66. The van der Waals surface area contributed by atoms with Crippen LogP contribution in [0.1, 0.15) is 47.7 Å². The van der Waals surface area contributed by atoms with Crippen LogP contribution in [0.3, 0.4) is 0 Å². The van der Waals surface area contributed by atoms with Crippen LogP contribution in [0.5, 0.6) is 0 Å². The molecule has 1 aromatic rings. The van der Waals surface area contributed by atoms with E-state index >= 15 is 0 Å². The molecule has 92 valence electrons. The highest BCUT2D eigenvalue weighted by Gasteiger charge is 2.36. The number of Topliss-reactive ketones (excluding diaryl/α,β-unsaturated/α-hetero) is 1. The minimum atomic E-state index is -0.936. The first-order chi connectivity index (χ1) is 7.80. The van der Waals surface area contributed by atoms with Crippen molar-refractivity contribution in [3.05, 3.63) is 22.6 Å². The summed E-state index contributed by atoms with van der Waals surface area (Å²) in [5.74, 6) is 0.280. The Balaban J connectivity index is 2.49. The number of hydrogen-bond acceptors (Lipinski definition) is 3. The van der Waals surface area contributed by atoms with Gasteiger partial charge in [0, 0.05) is 18.4 Å². The second kappa shape index (κ2) is 3.72. The van der Waals surface area contributed by atoms with E-state index in [-0.39, 0.29) is 17.6 Å². The number of fused-ring (bicyclic) bond motifs is 1. The second-order valence-electron chi connectivity index (χ2n) is 5.45. The predicted octanol–water partition coefficient (Wildman–Crippen LogP) is 2.37.